The third-order valence-corrected chi connectivity index (χ3v) is 8.06. The molecule has 0 saturated heterocycles. The van der Waals surface area contributed by atoms with Crippen LogP contribution in [0.1, 0.15) is 57.1 Å². The number of anilines is 1. The molecule has 0 unspecified atom stereocenters. The zero-order chi connectivity index (χ0) is 27.2. The molecule has 12 heteroatoms. The first-order valence-corrected chi connectivity index (χ1v) is 13.5. The van der Waals surface area contributed by atoms with Crippen molar-refractivity contribution in [3.8, 4) is 11.3 Å². The van der Waals surface area contributed by atoms with E-state index in [9.17, 15) is 22.8 Å². The molecular weight excluding hydrogens is 585 g/mol. The molecule has 3 aromatic heterocycles. The number of rotatable bonds is 5. The maximum atomic E-state index is 14.0. The largest absolute Gasteiger partial charge is 0.462 e. The number of esters is 1. The molecule has 1 aliphatic rings. The van der Waals surface area contributed by atoms with Crippen molar-refractivity contribution in [3.05, 3.63) is 68.3 Å². The number of carbonyl (C=O) groups excluding carboxylic acids is 2. The molecule has 0 saturated carbocycles. The SMILES string of the molecule is CCOC(=O)c1c(NC(=O)c2cnn3c(C(F)(F)F)cc(-c4ccc(Br)cc4)nc23)sc2c1CC[C@@H](C)C2. The fourth-order valence-corrected chi connectivity index (χ4v) is 6.18. The van der Waals surface area contributed by atoms with Gasteiger partial charge in [0.25, 0.3) is 5.91 Å². The third-order valence-electron chi connectivity index (χ3n) is 6.37. The fourth-order valence-electron chi connectivity index (χ4n) is 4.52. The summed E-state index contributed by atoms with van der Waals surface area (Å²) in [5.41, 5.74) is 0.192. The Morgan fingerprint density at radius 3 is 2.68 bits per heavy atom. The summed E-state index contributed by atoms with van der Waals surface area (Å²) in [5, 5.41) is 6.89. The van der Waals surface area contributed by atoms with Crippen LogP contribution in [0.3, 0.4) is 0 Å². The number of nitrogens with zero attached hydrogens (tertiary/aromatic N) is 3. The second kappa shape index (κ2) is 10.1. The lowest BCUT2D eigenvalue weighted by Crippen LogP contribution is -2.17. The average Bonchev–Trinajstić information content (AvgIpc) is 3.44. The highest BCUT2D eigenvalue weighted by Crippen LogP contribution is 2.40. The van der Waals surface area contributed by atoms with Gasteiger partial charge in [0.1, 0.15) is 10.6 Å². The van der Waals surface area contributed by atoms with Gasteiger partial charge in [-0.1, -0.05) is 35.0 Å². The molecule has 7 nitrogen and oxygen atoms in total. The van der Waals surface area contributed by atoms with Gasteiger partial charge in [0.05, 0.1) is 24.1 Å². The lowest BCUT2D eigenvalue weighted by molar-refractivity contribution is -0.142. The Balaban J connectivity index is 1.59. The highest BCUT2D eigenvalue weighted by Gasteiger charge is 2.36. The maximum Gasteiger partial charge on any atom is 0.433 e. The van der Waals surface area contributed by atoms with Gasteiger partial charge >= 0.3 is 12.1 Å². The first-order valence-electron chi connectivity index (χ1n) is 11.9. The Labute approximate surface area is 228 Å². The molecule has 3 heterocycles. The molecule has 1 amide bonds. The summed E-state index contributed by atoms with van der Waals surface area (Å²) in [5.74, 6) is -0.822. The minimum Gasteiger partial charge on any atom is -0.462 e. The molecule has 38 heavy (non-hydrogen) atoms. The highest BCUT2D eigenvalue weighted by atomic mass is 79.9. The maximum absolute atomic E-state index is 14.0. The van der Waals surface area contributed by atoms with Crippen molar-refractivity contribution in [1.82, 2.24) is 14.6 Å². The van der Waals surface area contributed by atoms with Crippen molar-refractivity contribution in [3.63, 3.8) is 0 Å². The minimum absolute atomic E-state index is 0.0414. The van der Waals surface area contributed by atoms with Crippen molar-refractivity contribution in [1.29, 1.82) is 0 Å². The van der Waals surface area contributed by atoms with E-state index in [1.54, 1.807) is 31.2 Å². The van der Waals surface area contributed by atoms with E-state index < -0.39 is 23.7 Å². The summed E-state index contributed by atoms with van der Waals surface area (Å²) < 4.78 is 48.5. The Morgan fingerprint density at radius 1 is 1.26 bits per heavy atom. The highest BCUT2D eigenvalue weighted by molar-refractivity contribution is 9.10. The molecule has 1 atom stereocenters. The molecule has 0 bridgehead atoms. The average molecular weight is 607 g/mol. The molecule has 1 aromatic carbocycles. The molecule has 198 valence electrons. The van der Waals surface area contributed by atoms with Crippen molar-refractivity contribution < 1.29 is 27.5 Å². The van der Waals surface area contributed by atoms with Crippen LogP contribution in [0, 0.1) is 5.92 Å². The van der Waals surface area contributed by atoms with E-state index in [2.05, 4.69) is 38.3 Å². The standard InChI is InChI=1S/C26H22BrF3N4O3S/c1-3-37-25(36)21-16-9-4-13(2)10-19(16)38-24(21)33-23(35)17-12-31-34-20(26(28,29)30)11-18(32-22(17)34)14-5-7-15(27)8-6-14/h5-8,11-13H,3-4,9-10H2,1-2H3,(H,33,35)/t13-/m1/s1. The van der Waals surface area contributed by atoms with E-state index in [1.165, 1.54) is 11.3 Å². The van der Waals surface area contributed by atoms with Gasteiger partial charge in [0.2, 0.25) is 0 Å². The predicted molar refractivity (Wildman–Crippen MR) is 141 cm³/mol. The van der Waals surface area contributed by atoms with E-state index >= 15 is 0 Å². The molecular formula is C26H22BrF3N4O3S. The number of hydrogen-bond donors (Lipinski definition) is 1. The Hall–Kier alpha value is -3.25. The quantitative estimate of drug-likeness (QED) is 0.253. The summed E-state index contributed by atoms with van der Waals surface area (Å²) in [7, 11) is 0. The molecule has 1 N–H and O–H groups in total. The summed E-state index contributed by atoms with van der Waals surface area (Å²) in [6, 6.07) is 7.53. The van der Waals surface area contributed by atoms with E-state index in [0.717, 1.165) is 40.0 Å². The summed E-state index contributed by atoms with van der Waals surface area (Å²) in [6.07, 6.45) is -1.34. The van der Waals surface area contributed by atoms with Gasteiger partial charge in [0.15, 0.2) is 11.3 Å². The van der Waals surface area contributed by atoms with Crippen molar-refractivity contribution in [2.24, 2.45) is 5.92 Å². The van der Waals surface area contributed by atoms with Gasteiger partial charge in [0, 0.05) is 14.9 Å². The Bertz CT molecular complexity index is 1550. The predicted octanol–water partition coefficient (Wildman–Crippen LogP) is 6.79. The van der Waals surface area contributed by atoms with Gasteiger partial charge in [-0.05, 0) is 55.9 Å². The molecule has 0 fully saturated rings. The van der Waals surface area contributed by atoms with Crippen LogP contribution in [0.4, 0.5) is 18.2 Å². The lowest BCUT2D eigenvalue weighted by Gasteiger charge is -2.18. The van der Waals surface area contributed by atoms with Crippen LogP contribution in [-0.4, -0.2) is 33.1 Å². The van der Waals surface area contributed by atoms with E-state index in [4.69, 9.17) is 4.74 Å². The number of hydrogen-bond acceptors (Lipinski definition) is 6. The van der Waals surface area contributed by atoms with Gasteiger partial charge in [-0.3, -0.25) is 4.79 Å². The molecule has 4 aromatic rings. The van der Waals surface area contributed by atoms with Crippen LogP contribution in [0.25, 0.3) is 16.9 Å². The number of thiophene rings is 1. The van der Waals surface area contributed by atoms with Crippen LogP contribution >= 0.6 is 27.3 Å². The minimum atomic E-state index is -4.74. The van der Waals surface area contributed by atoms with Crippen LogP contribution in [-0.2, 0) is 23.8 Å². The second-order valence-electron chi connectivity index (χ2n) is 9.06. The van der Waals surface area contributed by atoms with Crippen molar-refractivity contribution >= 4 is 49.8 Å². The number of amides is 1. The number of alkyl halides is 3. The second-order valence-corrected chi connectivity index (χ2v) is 11.1. The lowest BCUT2D eigenvalue weighted by atomic mass is 9.88. The van der Waals surface area contributed by atoms with Gasteiger partial charge in [-0.25, -0.2) is 14.3 Å². The topological polar surface area (TPSA) is 85.6 Å². The number of ether oxygens (including phenoxy) is 1. The number of aromatic nitrogens is 3. The Kier molecular flexibility index (Phi) is 7.03. The normalized spacial score (nSPS) is 15.4. The van der Waals surface area contributed by atoms with Gasteiger partial charge in [-0.15, -0.1) is 11.3 Å². The molecule has 0 radical (unpaired) electrons. The summed E-state index contributed by atoms with van der Waals surface area (Å²) in [4.78, 5) is 31.6. The van der Waals surface area contributed by atoms with E-state index in [0.29, 0.717) is 33.0 Å². The molecule has 0 spiro atoms. The van der Waals surface area contributed by atoms with Gasteiger partial charge < -0.3 is 10.1 Å². The van der Waals surface area contributed by atoms with E-state index in [-0.39, 0.29) is 23.5 Å². The zero-order valence-corrected chi connectivity index (χ0v) is 22.8. The zero-order valence-electron chi connectivity index (χ0n) is 20.4. The summed E-state index contributed by atoms with van der Waals surface area (Å²) >= 11 is 4.61. The van der Waals surface area contributed by atoms with Crippen molar-refractivity contribution in [2.75, 3.05) is 11.9 Å². The first kappa shape index (κ1) is 26.4. The van der Waals surface area contributed by atoms with Gasteiger partial charge in [-0.2, -0.15) is 18.3 Å². The smallest absolute Gasteiger partial charge is 0.433 e. The fraction of sp³-hybridized carbons (Fsp3) is 0.308. The number of fused-ring (bicyclic) bond motifs is 2. The number of nitrogens with one attached hydrogen (secondary N) is 1. The van der Waals surface area contributed by atoms with Crippen LogP contribution in [0.5, 0.6) is 0 Å². The number of halogens is 4. The Morgan fingerprint density at radius 2 is 2.00 bits per heavy atom. The molecule has 1 aliphatic carbocycles. The first-order chi connectivity index (χ1) is 18.1. The van der Waals surface area contributed by atoms with Crippen LogP contribution < -0.4 is 5.32 Å². The van der Waals surface area contributed by atoms with Crippen molar-refractivity contribution in [2.45, 2.75) is 39.3 Å². The monoisotopic (exact) mass is 606 g/mol. The molecule has 5 rings (SSSR count). The van der Waals surface area contributed by atoms with Crippen LogP contribution in [0.15, 0.2) is 41.0 Å². The third kappa shape index (κ3) is 4.94. The van der Waals surface area contributed by atoms with E-state index in [1.807, 2.05) is 0 Å². The van der Waals surface area contributed by atoms with Crippen LogP contribution in [0.2, 0.25) is 0 Å². The molecule has 0 aliphatic heterocycles. The number of benzene rings is 1. The summed E-state index contributed by atoms with van der Waals surface area (Å²) in [6.45, 7) is 3.99. The number of carbonyl (C=O) groups is 2.